The molecule has 1 amide bonds. The summed E-state index contributed by atoms with van der Waals surface area (Å²) in [6.45, 7) is 7.20. The molecule has 0 unspecified atom stereocenters. The number of benzene rings is 1. The van der Waals surface area contributed by atoms with Crippen LogP contribution in [0.2, 0.25) is 0 Å². The number of aliphatic hydroxyl groups is 1. The molecule has 0 radical (unpaired) electrons. The van der Waals surface area contributed by atoms with Crippen LogP contribution in [0.15, 0.2) is 30.3 Å². The molecule has 0 atom stereocenters. The first-order chi connectivity index (χ1) is 10.9. The summed E-state index contributed by atoms with van der Waals surface area (Å²) in [6, 6.07) is 10.2. The molecule has 1 aromatic carbocycles. The summed E-state index contributed by atoms with van der Waals surface area (Å²) in [7, 11) is 0. The van der Waals surface area contributed by atoms with Gasteiger partial charge < -0.3 is 14.7 Å². The summed E-state index contributed by atoms with van der Waals surface area (Å²) in [5, 5.41) is 8.80. The number of carbonyl (C=O) groups is 1. The number of carbonyl (C=O) groups excluding carboxylic acids is 1. The SMILES string of the molecule is CC(C)(C)OC(=O)N(CCCSCCO)CCc1ccccc1. The van der Waals surface area contributed by atoms with E-state index in [4.69, 9.17) is 9.84 Å². The number of hydrogen-bond donors (Lipinski definition) is 1. The van der Waals surface area contributed by atoms with Crippen LogP contribution in [-0.2, 0) is 11.2 Å². The van der Waals surface area contributed by atoms with Crippen molar-refractivity contribution in [1.82, 2.24) is 4.90 Å². The van der Waals surface area contributed by atoms with Gasteiger partial charge in [0.1, 0.15) is 5.60 Å². The first-order valence-electron chi connectivity index (χ1n) is 8.13. The van der Waals surface area contributed by atoms with E-state index >= 15 is 0 Å². The molecule has 0 aromatic heterocycles. The van der Waals surface area contributed by atoms with E-state index in [1.165, 1.54) is 5.56 Å². The fourth-order valence-electron chi connectivity index (χ4n) is 2.05. The van der Waals surface area contributed by atoms with Crippen LogP contribution in [0, 0.1) is 0 Å². The van der Waals surface area contributed by atoms with Crippen molar-refractivity contribution in [2.45, 2.75) is 39.2 Å². The Hall–Kier alpha value is -1.20. The molecule has 0 aliphatic carbocycles. The van der Waals surface area contributed by atoms with Crippen molar-refractivity contribution in [3.05, 3.63) is 35.9 Å². The smallest absolute Gasteiger partial charge is 0.410 e. The highest BCUT2D eigenvalue weighted by molar-refractivity contribution is 7.99. The summed E-state index contributed by atoms with van der Waals surface area (Å²) in [5.41, 5.74) is 0.740. The van der Waals surface area contributed by atoms with Gasteiger partial charge in [0, 0.05) is 18.8 Å². The largest absolute Gasteiger partial charge is 0.444 e. The average Bonchev–Trinajstić information content (AvgIpc) is 2.49. The minimum atomic E-state index is -0.478. The van der Waals surface area contributed by atoms with Gasteiger partial charge >= 0.3 is 6.09 Å². The van der Waals surface area contributed by atoms with Gasteiger partial charge in [0.2, 0.25) is 0 Å². The Bertz CT molecular complexity index is 445. The van der Waals surface area contributed by atoms with Crippen LogP contribution in [-0.4, -0.2) is 52.9 Å². The Morgan fingerprint density at radius 1 is 1.17 bits per heavy atom. The third-order valence-corrected chi connectivity index (χ3v) is 4.17. The maximum absolute atomic E-state index is 12.4. The van der Waals surface area contributed by atoms with E-state index in [0.717, 1.165) is 24.3 Å². The van der Waals surface area contributed by atoms with Gasteiger partial charge in [-0.3, -0.25) is 0 Å². The van der Waals surface area contributed by atoms with Crippen LogP contribution >= 0.6 is 11.8 Å². The maximum atomic E-state index is 12.4. The fourth-order valence-corrected chi connectivity index (χ4v) is 2.72. The molecule has 23 heavy (non-hydrogen) atoms. The monoisotopic (exact) mass is 339 g/mol. The summed E-state index contributed by atoms with van der Waals surface area (Å²) in [5.74, 6) is 1.68. The predicted octanol–water partition coefficient (Wildman–Crippen LogP) is 3.58. The second-order valence-electron chi connectivity index (χ2n) is 6.39. The van der Waals surface area contributed by atoms with E-state index in [1.54, 1.807) is 16.7 Å². The Morgan fingerprint density at radius 3 is 2.48 bits per heavy atom. The molecule has 0 heterocycles. The van der Waals surface area contributed by atoms with Crippen molar-refractivity contribution < 1.29 is 14.6 Å². The van der Waals surface area contributed by atoms with E-state index < -0.39 is 5.60 Å². The highest BCUT2D eigenvalue weighted by Crippen LogP contribution is 2.12. The normalized spacial score (nSPS) is 11.3. The van der Waals surface area contributed by atoms with Gasteiger partial charge in [-0.25, -0.2) is 4.79 Å². The van der Waals surface area contributed by atoms with E-state index in [9.17, 15) is 4.79 Å². The minimum Gasteiger partial charge on any atom is -0.444 e. The Labute approximate surface area is 144 Å². The second-order valence-corrected chi connectivity index (χ2v) is 7.62. The molecular formula is C18H29NO3S. The molecular weight excluding hydrogens is 310 g/mol. The van der Waals surface area contributed by atoms with Crippen molar-refractivity contribution in [2.24, 2.45) is 0 Å². The minimum absolute atomic E-state index is 0.203. The molecule has 0 aliphatic rings. The van der Waals surface area contributed by atoms with Gasteiger partial charge in [-0.1, -0.05) is 30.3 Å². The molecule has 5 heteroatoms. The maximum Gasteiger partial charge on any atom is 0.410 e. The molecule has 0 spiro atoms. The fraction of sp³-hybridized carbons (Fsp3) is 0.611. The zero-order valence-corrected chi connectivity index (χ0v) is 15.3. The number of thioether (sulfide) groups is 1. The van der Waals surface area contributed by atoms with Crippen molar-refractivity contribution >= 4 is 17.9 Å². The van der Waals surface area contributed by atoms with Crippen LogP contribution < -0.4 is 0 Å². The highest BCUT2D eigenvalue weighted by atomic mass is 32.2. The number of hydrogen-bond acceptors (Lipinski definition) is 4. The summed E-state index contributed by atoms with van der Waals surface area (Å²) in [4.78, 5) is 14.1. The number of nitrogens with zero attached hydrogens (tertiary/aromatic N) is 1. The molecule has 1 aromatic rings. The van der Waals surface area contributed by atoms with E-state index in [0.29, 0.717) is 13.1 Å². The second kappa shape index (κ2) is 10.6. The van der Waals surface area contributed by atoms with Crippen LogP contribution in [0.25, 0.3) is 0 Å². The van der Waals surface area contributed by atoms with Crippen molar-refractivity contribution in [3.63, 3.8) is 0 Å². The molecule has 0 aliphatic heterocycles. The first-order valence-corrected chi connectivity index (χ1v) is 9.28. The van der Waals surface area contributed by atoms with Crippen LogP contribution in [0.1, 0.15) is 32.8 Å². The predicted molar refractivity (Wildman–Crippen MR) is 97.0 cm³/mol. The lowest BCUT2D eigenvalue weighted by atomic mass is 10.1. The van der Waals surface area contributed by atoms with Crippen molar-refractivity contribution in [3.8, 4) is 0 Å². The molecule has 4 nitrogen and oxygen atoms in total. The summed E-state index contributed by atoms with van der Waals surface area (Å²) in [6.07, 6.45) is 1.48. The zero-order valence-electron chi connectivity index (χ0n) is 14.5. The molecule has 0 fully saturated rings. The third-order valence-electron chi connectivity index (χ3n) is 3.12. The van der Waals surface area contributed by atoms with Crippen LogP contribution in [0.4, 0.5) is 4.79 Å². The van der Waals surface area contributed by atoms with Gasteiger partial charge in [0.05, 0.1) is 6.61 Å². The van der Waals surface area contributed by atoms with E-state index in [-0.39, 0.29) is 12.7 Å². The van der Waals surface area contributed by atoms with Crippen molar-refractivity contribution in [2.75, 3.05) is 31.2 Å². The lowest BCUT2D eigenvalue weighted by Gasteiger charge is -2.27. The molecule has 0 saturated heterocycles. The Morgan fingerprint density at radius 2 is 1.87 bits per heavy atom. The van der Waals surface area contributed by atoms with Gasteiger partial charge in [-0.05, 0) is 44.9 Å². The van der Waals surface area contributed by atoms with Crippen LogP contribution in [0.3, 0.4) is 0 Å². The van der Waals surface area contributed by atoms with E-state index in [1.807, 2.05) is 39.0 Å². The molecule has 0 saturated carbocycles. The van der Waals surface area contributed by atoms with Crippen LogP contribution in [0.5, 0.6) is 0 Å². The number of amides is 1. The van der Waals surface area contributed by atoms with Gasteiger partial charge in [-0.2, -0.15) is 11.8 Å². The zero-order chi connectivity index (χ0) is 17.1. The summed E-state index contributed by atoms with van der Waals surface area (Å²) < 4.78 is 5.51. The molecule has 130 valence electrons. The molecule has 1 N–H and O–H groups in total. The Balaban J connectivity index is 2.51. The van der Waals surface area contributed by atoms with Crippen molar-refractivity contribution in [1.29, 1.82) is 0 Å². The quantitative estimate of drug-likeness (QED) is 0.699. The first kappa shape index (κ1) is 19.8. The van der Waals surface area contributed by atoms with Gasteiger partial charge in [0.25, 0.3) is 0 Å². The lowest BCUT2D eigenvalue weighted by Crippen LogP contribution is -2.38. The third kappa shape index (κ3) is 9.51. The summed E-state index contributed by atoms with van der Waals surface area (Å²) >= 11 is 1.71. The van der Waals surface area contributed by atoms with Gasteiger partial charge in [0.15, 0.2) is 0 Å². The number of aliphatic hydroxyl groups excluding tert-OH is 1. The lowest BCUT2D eigenvalue weighted by molar-refractivity contribution is 0.0252. The number of ether oxygens (including phenoxy) is 1. The highest BCUT2D eigenvalue weighted by Gasteiger charge is 2.21. The standard InChI is InChI=1S/C18H29NO3S/c1-18(2,3)22-17(21)19(11-7-14-23-15-13-20)12-10-16-8-5-4-6-9-16/h4-6,8-9,20H,7,10-15H2,1-3H3. The molecule has 1 rings (SSSR count). The topological polar surface area (TPSA) is 49.8 Å². The Kier molecular flexibility index (Phi) is 9.10. The van der Waals surface area contributed by atoms with E-state index in [2.05, 4.69) is 12.1 Å². The van der Waals surface area contributed by atoms with Gasteiger partial charge in [-0.15, -0.1) is 0 Å². The number of rotatable bonds is 9. The average molecular weight is 340 g/mol. The molecule has 0 bridgehead atoms.